The summed E-state index contributed by atoms with van der Waals surface area (Å²) in [5.74, 6) is -0.903. The van der Waals surface area contributed by atoms with Crippen LogP contribution >= 0.6 is 0 Å². The van der Waals surface area contributed by atoms with Gasteiger partial charge in [-0.05, 0) is 42.5 Å². The summed E-state index contributed by atoms with van der Waals surface area (Å²) >= 11 is 0. The number of aromatic nitrogens is 3. The van der Waals surface area contributed by atoms with Crippen LogP contribution in [0.5, 0.6) is 0 Å². The maximum Gasteiger partial charge on any atom is 0.260 e. The molecule has 166 valence electrons. The highest BCUT2D eigenvalue weighted by Gasteiger charge is 2.49. The van der Waals surface area contributed by atoms with Gasteiger partial charge in [-0.3, -0.25) is 9.59 Å². The summed E-state index contributed by atoms with van der Waals surface area (Å²) in [5.41, 5.74) is 1.97. The molecule has 7 nitrogen and oxygen atoms in total. The Morgan fingerprint density at radius 1 is 0.879 bits per heavy atom. The van der Waals surface area contributed by atoms with Crippen molar-refractivity contribution >= 4 is 23.7 Å². The zero-order valence-electron chi connectivity index (χ0n) is 17.8. The number of nitrogens with zero attached hydrogens (tertiary/aromatic N) is 4. The van der Waals surface area contributed by atoms with Crippen molar-refractivity contribution in [2.45, 2.75) is 31.3 Å². The fourth-order valence-corrected chi connectivity index (χ4v) is 5.12. The first-order valence-corrected chi connectivity index (χ1v) is 11.2. The highest BCUT2D eigenvalue weighted by atomic mass is 19.1. The summed E-state index contributed by atoms with van der Waals surface area (Å²) in [4.78, 5) is 31.9. The Labute approximate surface area is 189 Å². The van der Waals surface area contributed by atoms with Crippen molar-refractivity contribution in [2.24, 2.45) is 11.8 Å². The Morgan fingerprint density at radius 3 is 2.21 bits per heavy atom. The first kappa shape index (κ1) is 19.8. The number of anilines is 2. The zero-order valence-corrected chi connectivity index (χ0v) is 17.8. The molecule has 3 heterocycles. The lowest BCUT2D eigenvalue weighted by Crippen LogP contribution is -2.32. The lowest BCUT2D eigenvalue weighted by molar-refractivity contribution is -0.122. The van der Waals surface area contributed by atoms with E-state index >= 15 is 0 Å². The average Bonchev–Trinajstić information content (AvgIpc) is 3.38. The molecule has 4 atom stereocenters. The van der Waals surface area contributed by atoms with E-state index < -0.39 is 0 Å². The molecule has 0 radical (unpaired) electrons. The summed E-state index contributed by atoms with van der Waals surface area (Å²) in [6.45, 7) is 0. The van der Waals surface area contributed by atoms with Crippen LogP contribution in [0, 0.1) is 17.7 Å². The van der Waals surface area contributed by atoms with Crippen LogP contribution in [0.2, 0.25) is 0 Å². The number of carbonyl (C=O) groups is 2. The fourth-order valence-electron chi connectivity index (χ4n) is 5.12. The van der Waals surface area contributed by atoms with Crippen molar-refractivity contribution in [1.82, 2.24) is 14.8 Å². The highest BCUT2D eigenvalue weighted by Crippen LogP contribution is 2.41. The molecule has 6 rings (SSSR count). The maximum atomic E-state index is 13.6. The van der Waals surface area contributed by atoms with Crippen molar-refractivity contribution in [3.63, 3.8) is 0 Å². The van der Waals surface area contributed by atoms with Gasteiger partial charge in [0.05, 0.1) is 23.9 Å². The van der Waals surface area contributed by atoms with Gasteiger partial charge in [-0.15, -0.1) is 5.10 Å². The number of nitrogens with one attached hydrogen (secondary N) is 1. The number of benzene rings is 2. The van der Waals surface area contributed by atoms with Crippen LogP contribution in [0.15, 0.2) is 66.7 Å². The molecule has 0 spiro atoms. The lowest BCUT2D eigenvalue weighted by Gasteiger charge is -2.31. The maximum absolute atomic E-state index is 13.6. The van der Waals surface area contributed by atoms with Gasteiger partial charge in [-0.25, -0.2) is 14.0 Å². The van der Waals surface area contributed by atoms with Crippen LogP contribution < -0.4 is 10.2 Å². The van der Waals surface area contributed by atoms with E-state index in [0.29, 0.717) is 25.2 Å². The number of halogens is 1. The number of hydrogen-bond donors (Lipinski definition) is 1. The summed E-state index contributed by atoms with van der Waals surface area (Å²) in [6.07, 6.45) is 5.69. The van der Waals surface area contributed by atoms with Crippen LogP contribution in [0.25, 0.3) is 0 Å². The molecule has 1 aliphatic carbocycles. The van der Waals surface area contributed by atoms with Crippen LogP contribution in [0.3, 0.4) is 0 Å². The molecular weight excluding hydrogens is 421 g/mol. The SMILES string of the molecule is O=C1[C@H]2CC=CC[C@@H]2C(=O)N1c1nc2n(n1)[C@@H](c1ccc(F)cc1)C[C@@H](c1ccccc1)N2. The second-order valence-corrected chi connectivity index (χ2v) is 8.76. The number of carbonyl (C=O) groups excluding carboxylic acids is 2. The largest absolute Gasteiger partial charge is 0.347 e. The third kappa shape index (κ3) is 3.25. The van der Waals surface area contributed by atoms with Gasteiger partial charge in [0.2, 0.25) is 17.8 Å². The zero-order chi connectivity index (χ0) is 22.5. The van der Waals surface area contributed by atoms with Gasteiger partial charge < -0.3 is 5.32 Å². The summed E-state index contributed by atoms with van der Waals surface area (Å²) in [5, 5.41) is 8.03. The standard InChI is InChI=1S/C25H22FN5O2/c26-17-12-10-16(11-13-17)21-14-20(15-6-2-1-3-7-15)27-24-28-25(29-31(21)24)30-22(32)18-8-4-5-9-19(18)23(30)33/h1-7,10-13,18-21H,8-9,14H2,(H,27,28,29)/t18-,19-,20-,21+/m0/s1. The first-order chi connectivity index (χ1) is 16.1. The van der Waals surface area contributed by atoms with Gasteiger partial charge in [-0.1, -0.05) is 54.6 Å². The molecule has 2 aliphatic heterocycles. The van der Waals surface area contributed by atoms with E-state index in [0.717, 1.165) is 16.0 Å². The molecule has 3 aliphatic rings. The molecular formula is C25H22FN5O2. The summed E-state index contributed by atoms with van der Waals surface area (Å²) < 4.78 is 15.3. The predicted molar refractivity (Wildman–Crippen MR) is 120 cm³/mol. The predicted octanol–water partition coefficient (Wildman–Crippen LogP) is 4.02. The Hall–Kier alpha value is -3.81. The molecule has 33 heavy (non-hydrogen) atoms. The minimum absolute atomic E-state index is 0.0532. The van der Waals surface area contributed by atoms with E-state index in [9.17, 15) is 14.0 Å². The van der Waals surface area contributed by atoms with Gasteiger partial charge in [0.15, 0.2) is 0 Å². The smallest absolute Gasteiger partial charge is 0.260 e. The second kappa shape index (κ2) is 7.65. The lowest BCUT2D eigenvalue weighted by atomic mass is 9.85. The van der Waals surface area contributed by atoms with Crippen molar-refractivity contribution in [3.05, 3.63) is 83.7 Å². The van der Waals surface area contributed by atoms with Crippen LogP contribution in [-0.4, -0.2) is 26.6 Å². The molecule has 0 saturated carbocycles. The van der Waals surface area contributed by atoms with Gasteiger partial charge >= 0.3 is 0 Å². The minimum atomic E-state index is -0.346. The molecule has 3 aromatic rings. The molecule has 1 fully saturated rings. The van der Waals surface area contributed by atoms with E-state index in [4.69, 9.17) is 0 Å². The minimum Gasteiger partial charge on any atom is -0.347 e. The Morgan fingerprint density at radius 2 is 1.55 bits per heavy atom. The van der Waals surface area contributed by atoms with Gasteiger partial charge in [0, 0.05) is 0 Å². The van der Waals surface area contributed by atoms with Gasteiger partial charge in [0.25, 0.3) is 5.95 Å². The average molecular weight is 443 g/mol. The van der Waals surface area contributed by atoms with Crippen LogP contribution in [0.4, 0.5) is 16.3 Å². The molecule has 1 N–H and O–H groups in total. The quantitative estimate of drug-likeness (QED) is 0.489. The first-order valence-electron chi connectivity index (χ1n) is 11.2. The molecule has 0 bridgehead atoms. The number of hydrogen-bond acceptors (Lipinski definition) is 5. The van der Waals surface area contributed by atoms with Crippen molar-refractivity contribution in [2.75, 3.05) is 10.2 Å². The normalized spacial score (nSPS) is 26.2. The number of rotatable bonds is 3. The summed E-state index contributed by atoms with van der Waals surface area (Å²) in [6, 6.07) is 16.1. The second-order valence-electron chi connectivity index (χ2n) is 8.76. The van der Waals surface area contributed by atoms with Gasteiger partial charge in [0.1, 0.15) is 5.82 Å². The Balaban J connectivity index is 1.41. The monoisotopic (exact) mass is 443 g/mol. The highest BCUT2D eigenvalue weighted by molar-refractivity contribution is 6.21. The van der Waals surface area contributed by atoms with E-state index in [1.807, 2.05) is 42.5 Å². The number of allylic oxidation sites excluding steroid dienone is 2. The third-order valence-corrected chi connectivity index (χ3v) is 6.84. The summed E-state index contributed by atoms with van der Waals surface area (Å²) in [7, 11) is 0. The molecule has 1 saturated heterocycles. The van der Waals surface area contributed by atoms with E-state index in [1.165, 1.54) is 12.1 Å². The van der Waals surface area contributed by atoms with Crippen LogP contribution in [-0.2, 0) is 9.59 Å². The molecule has 8 heteroatoms. The van der Waals surface area contributed by atoms with E-state index in [1.54, 1.807) is 16.8 Å². The molecule has 2 aromatic carbocycles. The third-order valence-electron chi connectivity index (χ3n) is 6.84. The topological polar surface area (TPSA) is 80.1 Å². The van der Waals surface area contributed by atoms with E-state index in [-0.39, 0.29) is 47.5 Å². The fraction of sp³-hybridized carbons (Fsp3) is 0.280. The molecule has 2 amide bonds. The van der Waals surface area contributed by atoms with Crippen molar-refractivity contribution in [3.8, 4) is 0 Å². The Kier molecular flexibility index (Phi) is 4.60. The van der Waals surface area contributed by atoms with Gasteiger partial charge in [-0.2, -0.15) is 4.98 Å². The Bertz CT molecular complexity index is 1230. The van der Waals surface area contributed by atoms with Crippen molar-refractivity contribution < 1.29 is 14.0 Å². The number of fused-ring (bicyclic) bond motifs is 2. The molecule has 0 unspecified atom stereocenters. The number of amides is 2. The van der Waals surface area contributed by atoms with Crippen LogP contribution in [0.1, 0.15) is 42.5 Å². The van der Waals surface area contributed by atoms with E-state index in [2.05, 4.69) is 15.4 Å². The molecule has 1 aromatic heterocycles. The number of imide groups is 1. The van der Waals surface area contributed by atoms with Crippen molar-refractivity contribution in [1.29, 1.82) is 0 Å².